The zero-order chi connectivity index (χ0) is 12.4. The van der Waals surface area contributed by atoms with Crippen LogP contribution in [0, 0.1) is 19.7 Å². The lowest BCUT2D eigenvalue weighted by atomic mass is 10.1. The molecule has 0 aliphatic heterocycles. The molecule has 0 saturated heterocycles. The minimum atomic E-state index is -0.260. The van der Waals surface area contributed by atoms with Crippen LogP contribution in [0.5, 0.6) is 0 Å². The summed E-state index contributed by atoms with van der Waals surface area (Å²) in [5.41, 5.74) is 2.45. The first-order valence-corrected chi connectivity index (χ1v) is 5.40. The van der Waals surface area contributed by atoms with Crippen LogP contribution < -0.4 is 5.32 Å². The van der Waals surface area contributed by atoms with Crippen LogP contribution in [0.4, 0.5) is 10.2 Å². The fraction of sp³-hybridized carbons (Fsp3) is 0.231. The van der Waals surface area contributed by atoms with Crippen LogP contribution in [-0.4, -0.2) is 17.0 Å². The van der Waals surface area contributed by atoms with E-state index < -0.39 is 0 Å². The molecule has 1 aromatic heterocycles. The summed E-state index contributed by atoms with van der Waals surface area (Å²) >= 11 is 0. The van der Waals surface area contributed by atoms with Gasteiger partial charge in [-0.05, 0) is 26.0 Å². The number of nitrogens with zero attached hydrogens (tertiary/aromatic N) is 2. The van der Waals surface area contributed by atoms with Crippen LogP contribution in [-0.2, 0) is 0 Å². The standard InChI is InChI=1S/C13H14FN3/c1-8-12(10-5-4-6-11(14)7-10)16-9(2)17-13(8)15-3/h4-7H,1-3H3,(H,15,16,17). The van der Waals surface area contributed by atoms with Gasteiger partial charge in [0, 0.05) is 18.2 Å². The van der Waals surface area contributed by atoms with Crippen LogP contribution >= 0.6 is 0 Å². The molecule has 1 heterocycles. The molecule has 1 aromatic carbocycles. The number of benzene rings is 1. The molecule has 0 atom stereocenters. The Labute approximate surface area is 99.7 Å². The lowest BCUT2D eigenvalue weighted by Crippen LogP contribution is -2.02. The monoisotopic (exact) mass is 231 g/mol. The van der Waals surface area contributed by atoms with Crippen LogP contribution in [0.2, 0.25) is 0 Å². The summed E-state index contributed by atoms with van der Waals surface area (Å²) in [6, 6.07) is 6.43. The average Bonchev–Trinajstić information content (AvgIpc) is 2.31. The van der Waals surface area contributed by atoms with Gasteiger partial charge in [0.2, 0.25) is 0 Å². The van der Waals surface area contributed by atoms with E-state index in [1.54, 1.807) is 6.07 Å². The van der Waals surface area contributed by atoms with Gasteiger partial charge in [-0.3, -0.25) is 0 Å². The molecule has 2 aromatic rings. The van der Waals surface area contributed by atoms with Gasteiger partial charge in [0.1, 0.15) is 17.5 Å². The normalized spacial score (nSPS) is 10.4. The summed E-state index contributed by atoms with van der Waals surface area (Å²) in [5, 5.41) is 3.02. The maximum atomic E-state index is 13.2. The molecule has 2 rings (SSSR count). The van der Waals surface area contributed by atoms with Gasteiger partial charge in [0.05, 0.1) is 5.69 Å². The highest BCUT2D eigenvalue weighted by atomic mass is 19.1. The molecular formula is C13H14FN3. The second-order valence-corrected chi connectivity index (χ2v) is 3.85. The van der Waals surface area contributed by atoms with E-state index in [9.17, 15) is 4.39 Å². The average molecular weight is 231 g/mol. The zero-order valence-electron chi connectivity index (χ0n) is 10.1. The van der Waals surface area contributed by atoms with Gasteiger partial charge in [0.15, 0.2) is 0 Å². The van der Waals surface area contributed by atoms with Crippen molar-refractivity contribution in [1.82, 2.24) is 9.97 Å². The first-order chi connectivity index (χ1) is 8.11. The number of hydrogen-bond acceptors (Lipinski definition) is 3. The van der Waals surface area contributed by atoms with E-state index in [0.29, 0.717) is 5.82 Å². The number of halogens is 1. The molecule has 4 heteroatoms. The summed E-state index contributed by atoms with van der Waals surface area (Å²) in [7, 11) is 1.81. The zero-order valence-corrected chi connectivity index (χ0v) is 10.1. The van der Waals surface area contributed by atoms with Crippen molar-refractivity contribution in [3.05, 3.63) is 41.5 Å². The predicted molar refractivity (Wildman–Crippen MR) is 66.4 cm³/mol. The Balaban J connectivity index is 2.63. The highest BCUT2D eigenvalue weighted by Gasteiger charge is 2.10. The molecule has 0 aliphatic carbocycles. The van der Waals surface area contributed by atoms with Gasteiger partial charge in [0.25, 0.3) is 0 Å². The maximum Gasteiger partial charge on any atom is 0.132 e. The Kier molecular flexibility index (Phi) is 3.04. The summed E-state index contributed by atoms with van der Waals surface area (Å²) in [6.45, 7) is 3.74. The second kappa shape index (κ2) is 4.49. The third-order valence-corrected chi connectivity index (χ3v) is 2.59. The highest BCUT2D eigenvalue weighted by molar-refractivity contribution is 5.68. The molecule has 0 amide bonds. The summed E-state index contributed by atoms with van der Waals surface area (Å²) < 4.78 is 13.2. The Bertz CT molecular complexity index is 552. The Morgan fingerprint density at radius 2 is 1.94 bits per heavy atom. The van der Waals surface area contributed by atoms with E-state index >= 15 is 0 Å². The van der Waals surface area contributed by atoms with E-state index in [-0.39, 0.29) is 5.82 Å². The lowest BCUT2D eigenvalue weighted by Gasteiger charge is -2.10. The number of aromatic nitrogens is 2. The first kappa shape index (κ1) is 11.5. The van der Waals surface area contributed by atoms with Gasteiger partial charge < -0.3 is 5.32 Å². The molecule has 17 heavy (non-hydrogen) atoms. The van der Waals surface area contributed by atoms with Crippen molar-refractivity contribution in [3.8, 4) is 11.3 Å². The molecule has 0 saturated carbocycles. The van der Waals surface area contributed by atoms with E-state index in [4.69, 9.17) is 0 Å². The summed E-state index contributed by atoms with van der Waals surface area (Å²) in [4.78, 5) is 8.66. The summed E-state index contributed by atoms with van der Waals surface area (Å²) in [6.07, 6.45) is 0. The van der Waals surface area contributed by atoms with E-state index in [1.807, 2.05) is 27.0 Å². The number of hydrogen-bond donors (Lipinski definition) is 1. The molecule has 3 nitrogen and oxygen atoms in total. The molecule has 0 spiro atoms. The van der Waals surface area contributed by atoms with Gasteiger partial charge in [-0.15, -0.1) is 0 Å². The Hall–Kier alpha value is -1.97. The number of anilines is 1. The molecule has 1 N–H and O–H groups in total. The van der Waals surface area contributed by atoms with Crippen molar-refractivity contribution in [2.24, 2.45) is 0 Å². The van der Waals surface area contributed by atoms with Crippen LogP contribution in [0.3, 0.4) is 0 Å². The number of nitrogens with one attached hydrogen (secondary N) is 1. The van der Waals surface area contributed by atoms with Gasteiger partial charge in [-0.1, -0.05) is 12.1 Å². The smallest absolute Gasteiger partial charge is 0.132 e. The van der Waals surface area contributed by atoms with Crippen LogP contribution in [0.25, 0.3) is 11.3 Å². The minimum Gasteiger partial charge on any atom is -0.373 e. The minimum absolute atomic E-state index is 0.260. The molecule has 88 valence electrons. The Morgan fingerprint density at radius 1 is 1.18 bits per heavy atom. The Morgan fingerprint density at radius 3 is 2.59 bits per heavy atom. The molecule has 0 unspecified atom stereocenters. The third-order valence-electron chi connectivity index (χ3n) is 2.59. The third kappa shape index (κ3) is 2.25. The molecule has 0 radical (unpaired) electrons. The van der Waals surface area contributed by atoms with Gasteiger partial charge >= 0.3 is 0 Å². The molecular weight excluding hydrogens is 217 g/mol. The topological polar surface area (TPSA) is 37.8 Å². The molecule has 0 bridgehead atoms. The number of rotatable bonds is 2. The fourth-order valence-corrected chi connectivity index (χ4v) is 1.79. The highest BCUT2D eigenvalue weighted by Crippen LogP contribution is 2.25. The van der Waals surface area contributed by atoms with Crippen molar-refractivity contribution < 1.29 is 4.39 Å². The first-order valence-electron chi connectivity index (χ1n) is 5.40. The van der Waals surface area contributed by atoms with E-state index in [1.165, 1.54) is 12.1 Å². The van der Waals surface area contributed by atoms with Crippen molar-refractivity contribution in [3.63, 3.8) is 0 Å². The van der Waals surface area contributed by atoms with E-state index in [2.05, 4.69) is 15.3 Å². The van der Waals surface area contributed by atoms with Crippen molar-refractivity contribution in [2.45, 2.75) is 13.8 Å². The summed E-state index contributed by atoms with van der Waals surface area (Å²) in [5.74, 6) is 1.18. The van der Waals surface area contributed by atoms with Crippen molar-refractivity contribution in [1.29, 1.82) is 0 Å². The maximum absolute atomic E-state index is 13.2. The van der Waals surface area contributed by atoms with Gasteiger partial charge in [-0.2, -0.15) is 0 Å². The van der Waals surface area contributed by atoms with Crippen molar-refractivity contribution in [2.75, 3.05) is 12.4 Å². The fourth-order valence-electron chi connectivity index (χ4n) is 1.79. The quantitative estimate of drug-likeness (QED) is 0.863. The molecule has 0 aliphatic rings. The second-order valence-electron chi connectivity index (χ2n) is 3.85. The number of aryl methyl sites for hydroxylation is 1. The van der Waals surface area contributed by atoms with E-state index in [0.717, 1.165) is 22.6 Å². The predicted octanol–water partition coefficient (Wildman–Crippen LogP) is 2.94. The van der Waals surface area contributed by atoms with Crippen LogP contribution in [0.1, 0.15) is 11.4 Å². The van der Waals surface area contributed by atoms with Gasteiger partial charge in [-0.25, -0.2) is 14.4 Å². The van der Waals surface area contributed by atoms with Crippen molar-refractivity contribution >= 4 is 5.82 Å². The largest absolute Gasteiger partial charge is 0.373 e. The molecule has 0 fully saturated rings. The SMILES string of the molecule is CNc1nc(C)nc(-c2cccc(F)c2)c1C. The van der Waals surface area contributed by atoms with Crippen LogP contribution in [0.15, 0.2) is 24.3 Å². The lowest BCUT2D eigenvalue weighted by molar-refractivity contribution is 0.628.